The lowest BCUT2D eigenvalue weighted by atomic mass is 9.99. The van der Waals surface area contributed by atoms with Gasteiger partial charge in [0.15, 0.2) is 0 Å². The lowest BCUT2D eigenvalue weighted by Gasteiger charge is -2.30. The van der Waals surface area contributed by atoms with Crippen LogP contribution in [0.3, 0.4) is 0 Å². The van der Waals surface area contributed by atoms with Crippen LogP contribution in [0.1, 0.15) is 18.5 Å². The lowest BCUT2D eigenvalue weighted by molar-refractivity contribution is -0.121. The molecule has 1 aliphatic heterocycles. The predicted octanol–water partition coefficient (Wildman–Crippen LogP) is 1.82. The summed E-state index contributed by atoms with van der Waals surface area (Å²) in [5.41, 5.74) is 1.44. The van der Waals surface area contributed by atoms with E-state index in [1.165, 1.54) is 4.31 Å². The Kier molecular flexibility index (Phi) is 5.39. The number of aromatic nitrogens is 4. The van der Waals surface area contributed by atoms with Gasteiger partial charge in [-0.15, -0.1) is 5.10 Å². The Morgan fingerprint density at radius 3 is 2.70 bits per heavy atom. The number of nitrogens with one attached hydrogen (secondary N) is 1. The van der Waals surface area contributed by atoms with Gasteiger partial charge in [-0.05, 0) is 38.0 Å². The van der Waals surface area contributed by atoms with Crippen molar-refractivity contribution in [2.24, 2.45) is 13.0 Å². The Labute approximate surface area is 174 Å². The van der Waals surface area contributed by atoms with Crippen molar-refractivity contribution in [2.45, 2.75) is 24.7 Å². The largest absolute Gasteiger partial charge is 0.401 e. The van der Waals surface area contributed by atoms with Gasteiger partial charge in [0, 0.05) is 20.1 Å². The second-order valence-electron chi connectivity index (χ2n) is 7.21. The summed E-state index contributed by atoms with van der Waals surface area (Å²) in [5.74, 6) is -0.615. The third kappa shape index (κ3) is 3.98. The van der Waals surface area contributed by atoms with Crippen molar-refractivity contribution in [2.75, 3.05) is 18.4 Å². The molecule has 2 aromatic heterocycles. The smallest absolute Gasteiger partial charge is 0.322 e. The van der Waals surface area contributed by atoms with E-state index >= 15 is 0 Å². The Morgan fingerprint density at radius 1 is 1.23 bits per heavy atom. The van der Waals surface area contributed by atoms with Crippen LogP contribution in [0, 0.1) is 12.8 Å². The van der Waals surface area contributed by atoms with Crippen molar-refractivity contribution >= 4 is 21.9 Å². The number of aryl methyl sites for hydroxylation is 2. The number of nitrogens with zero attached hydrogens (tertiary/aromatic N) is 5. The zero-order valence-corrected chi connectivity index (χ0v) is 17.5. The second kappa shape index (κ2) is 8.00. The van der Waals surface area contributed by atoms with Crippen LogP contribution in [-0.4, -0.2) is 51.7 Å². The van der Waals surface area contributed by atoms with Gasteiger partial charge in [-0.1, -0.05) is 23.3 Å². The van der Waals surface area contributed by atoms with Gasteiger partial charge in [0.1, 0.15) is 5.69 Å². The molecule has 11 heteroatoms. The first-order valence-electron chi connectivity index (χ1n) is 9.55. The SMILES string of the molecule is Cc1cc(-c2nnc(NC(=O)[C@@H]3CCCN(S(=O)(=O)c4ccccc4)C3)o2)n(C)n1. The molecule has 3 aromatic rings. The standard InChI is InChI=1S/C19H22N6O4S/c1-13-11-16(24(2)23-13)18-21-22-19(29-18)20-17(26)14-7-6-10-25(12-14)30(27,28)15-8-4-3-5-9-15/h3-5,8-9,11,14H,6-7,10,12H2,1-2H3,(H,20,22,26)/t14-/m1/s1. The van der Waals surface area contributed by atoms with Crippen LogP contribution in [0.25, 0.3) is 11.6 Å². The summed E-state index contributed by atoms with van der Waals surface area (Å²) >= 11 is 0. The number of carbonyl (C=O) groups is 1. The van der Waals surface area contributed by atoms with E-state index in [4.69, 9.17) is 4.42 Å². The van der Waals surface area contributed by atoms with E-state index in [9.17, 15) is 13.2 Å². The van der Waals surface area contributed by atoms with Gasteiger partial charge in [-0.3, -0.25) is 14.8 Å². The maximum atomic E-state index is 12.9. The molecule has 0 unspecified atom stereocenters. The van der Waals surface area contributed by atoms with Gasteiger partial charge < -0.3 is 4.42 Å². The lowest BCUT2D eigenvalue weighted by Crippen LogP contribution is -2.43. The number of rotatable bonds is 5. The highest BCUT2D eigenvalue weighted by molar-refractivity contribution is 7.89. The van der Waals surface area contributed by atoms with Gasteiger partial charge in [-0.2, -0.15) is 9.40 Å². The van der Waals surface area contributed by atoms with Crippen LogP contribution in [-0.2, 0) is 21.9 Å². The molecule has 1 fully saturated rings. The summed E-state index contributed by atoms with van der Waals surface area (Å²) in [6, 6.07) is 9.99. The maximum absolute atomic E-state index is 12.9. The molecule has 1 amide bonds. The molecule has 3 heterocycles. The normalized spacial score (nSPS) is 17.7. The molecule has 0 aliphatic carbocycles. The van der Waals surface area contributed by atoms with E-state index < -0.39 is 15.9 Å². The first-order valence-corrected chi connectivity index (χ1v) is 11.0. The van der Waals surface area contributed by atoms with E-state index in [0.717, 1.165) is 5.69 Å². The highest BCUT2D eigenvalue weighted by Crippen LogP contribution is 2.25. The van der Waals surface area contributed by atoms with Gasteiger partial charge in [0.25, 0.3) is 5.89 Å². The van der Waals surface area contributed by atoms with Crippen LogP contribution < -0.4 is 5.32 Å². The molecule has 1 aromatic carbocycles. The molecular weight excluding hydrogens is 408 g/mol. The number of amides is 1. The zero-order chi connectivity index (χ0) is 21.3. The first kappa shape index (κ1) is 20.2. The molecule has 1 aliphatic rings. The Hall–Kier alpha value is -3.05. The number of piperidine rings is 1. The van der Waals surface area contributed by atoms with Crippen molar-refractivity contribution in [3.8, 4) is 11.6 Å². The topological polar surface area (TPSA) is 123 Å². The minimum atomic E-state index is -3.64. The summed E-state index contributed by atoms with van der Waals surface area (Å²) in [4.78, 5) is 12.9. The van der Waals surface area contributed by atoms with Crippen LogP contribution in [0.15, 0.2) is 45.7 Å². The van der Waals surface area contributed by atoms with Gasteiger partial charge in [0.2, 0.25) is 15.9 Å². The van der Waals surface area contributed by atoms with Crippen molar-refractivity contribution in [3.05, 3.63) is 42.1 Å². The first-order chi connectivity index (χ1) is 14.3. The molecule has 0 spiro atoms. The summed E-state index contributed by atoms with van der Waals surface area (Å²) in [6.45, 7) is 2.33. The highest BCUT2D eigenvalue weighted by Gasteiger charge is 2.33. The minimum absolute atomic E-state index is 0.0307. The van der Waals surface area contributed by atoms with Gasteiger partial charge >= 0.3 is 6.01 Å². The summed E-state index contributed by atoms with van der Waals surface area (Å²) in [7, 11) is -1.88. The quantitative estimate of drug-likeness (QED) is 0.655. The fourth-order valence-corrected chi connectivity index (χ4v) is 5.06. The molecular formula is C19H22N6O4S. The van der Waals surface area contributed by atoms with Gasteiger partial charge in [-0.25, -0.2) is 8.42 Å². The molecule has 30 heavy (non-hydrogen) atoms. The fourth-order valence-electron chi connectivity index (χ4n) is 3.51. The van der Waals surface area contributed by atoms with Crippen molar-refractivity contribution < 1.29 is 17.6 Å². The number of benzene rings is 1. The number of hydrogen-bond acceptors (Lipinski definition) is 7. The molecule has 1 N–H and O–H groups in total. The Balaban J connectivity index is 1.45. The van der Waals surface area contributed by atoms with E-state index in [0.29, 0.717) is 25.1 Å². The Bertz CT molecular complexity index is 1150. The van der Waals surface area contributed by atoms with Crippen LogP contribution in [0.5, 0.6) is 0 Å². The van der Waals surface area contributed by atoms with E-state index in [1.807, 2.05) is 6.92 Å². The van der Waals surface area contributed by atoms with Crippen LogP contribution in [0.2, 0.25) is 0 Å². The average Bonchev–Trinajstić information content (AvgIpc) is 3.34. The third-order valence-electron chi connectivity index (χ3n) is 5.01. The number of anilines is 1. The van der Waals surface area contributed by atoms with Crippen molar-refractivity contribution in [3.63, 3.8) is 0 Å². The molecule has 1 saturated heterocycles. The molecule has 158 valence electrons. The molecule has 4 rings (SSSR count). The zero-order valence-electron chi connectivity index (χ0n) is 16.6. The molecule has 0 radical (unpaired) electrons. The number of hydrogen-bond donors (Lipinski definition) is 1. The second-order valence-corrected chi connectivity index (χ2v) is 9.15. The van der Waals surface area contributed by atoms with Crippen LogP contribution >= 0.6 is 0 Å². The van der Waals surface area contributed by atoms with E-state index in [2.05, 4.69) is 20.6 Å². The molecule has 0 bridgehead atoms. The number of carbonyl (C=O) groups excluding carboxylic acids is 1. The predicted molar refractivity (Wildman–Crippen MR) is 108 cm³/mol. The highest BCUT2D eigenvalue weighted by atomic mass is 32.2. The fraction of sp³-hybridized carbons (Fsp3) is 0.368. The Morgan fingerprint density at radius 2 is 2.00 bits per heavy atom. The average molecular weight is 430 g/mol. The van der Waals surface area contributed by atoms with E-state index in [-0.39, 0.29) is 29.3 Å². The molecule has 1 atom stereocenters. The summed E-state index contributed by atoms with van der Waals surface area (Å²) < 4.78 is 34.2. The molecule has 10 nitrogen and oxygen atoms in total. The third-order valence-corrected chi connectivity index (χ3v) is 6.89. The van der Waals surface area contributed by atoms with Crippen LogP contribution in [0.4, 0.5) is 6.01 Å². The van der Waals surface area contributed by atoms with E-state index in [1.54, 1.807) is 48.1 Å². The van der Waals surface area contributed by atoms with Gasteiger partial charge in [0.05, 0.1) is 16.5 Å². The number of sulfonamides is 1. The monoisotopic (exact) mass is 430 g/mol. The minimum Gasteiger partial charge on any atom is -0.401 e. The molecule has 0 saturated carbocycles. The van der Waals surface area contributed by atoms with Crippen molar-refractivity contribution in [1.82, 2.24) is 24.3 Å². The van der Waals surface area contributed by atoms with Crippen molar-refractivity contribution in [1.29, 1.82) is 0 Å². The summed E-state index contributed by atoms with van der Waals surface area (Å²) in [5, 5.41) is 14.7. The summed E-state index contributed by atoms with van der Waals surface area (Å²) in [6.07, 6.45) is 1.17. The maximum Gasteiger partial charge on any atom is 0.322 e.